The Morgan fingerprint density at radius 2 is 2.05 bits per heavy atom. The molecule has 1 aromatic carbocycles. The first-order valence-electron chi connectivity index (χ1n) is 7.55. The highest BCUT2D eigenvalue weighted by Crippen LogP contribution is 2.28. The number of imide groups is 1. The molecule has 5 nitrogen and oxygen atoms in total. The molecule has 0 radical (unpaired) electrons. The molecule has 3 amide bonds. The van der Waals surface area contributed by atoms with E-state index in [0.717, 1.165) is 13.1 Å². The molecule has 3 rings (SSSR count). The summed E-state index contributed by atoms with van der Waals surface area (Å²) in [6, 6.07) is 9.90. The van der Waals surface area contributed by atoms with Crippen molar-refractivity contribution in [2.45, 2.75) is 18.9 Å². The van der Waals surface area contributed by atoms with Gasteiger partial charge in [0.1, 0.15) is 5.54 Å². The van der Waals surface area contributed by atoms with E-state index in [9.17, 15) is 9.59 Å². The van der Waals surface area contributed by atoms with Crippen LogP contribution < -0.4 is 5.32 Å². The fourth-order valence-corrected chi connectivity index (χ4v) is 3.29. The molecule has 1 aromatic rings. The number of rotatable bonds is 3. The number of likely N-dealkylation sites (N-methyl/N-ethyl adjacent to an activating group) is 1. The predicted octanol–water partition coefficient (Wildman–Crippen LogP) is 1.72. The third-order valence-corrected chi connectivity index (χ3v) is 4.40. The lowest BCUT2D eigenvalue weighted by atomic mass is 9.99. The summed E-state index contributed by atoms with van der Waals surface area (Å²) >= 11 is 0. The van der Waals surface area contributed by atoms with Gasteiger partial charge < -0.3 is 5.32 Å². The van der Waals surface area contributed by atoms with Gasteiger partial charge in [0.2, 0.25) is 0 Å². The van der Waals surface area contributed by atoms with Crippen LogP contribution in [0, 0.1) is 0 Å². The summed E-state index contributed by atoms with van der Waals surface area (Å²) in [4.78, 5) is 27.4. The van der Waals surface area contributed by atoms with Gasteiger partial charge in [0.25, 0.3) is 5.91 Å². The second kappa shape index (κ2) is 5.57. The van der Waals surface area contributed by atoms with Crippen molar-refractivity contribution in [2.75, 3.05) is 26.7 Å². The molecule has 0 aliphatic carbocycles. The number of nitrogens with one attached hydrogen (secondary N) is 1. The van der Waals surface area contributed by atoms with Crippen LogP contribution >= 0.6 is 0 Å². The number of benzene rings is 1. The van der Waals surface area contributed by atoms with Gasteiger partial charge in [0, 0.05) is 26.7 Å². The third kappa shape index (κ3) is 2.64. The fraction of sp³-hybridized carbons (Fsp3) is 0.412. The molecule has 22 heavy (non-hydrogen) atoms. The maximum Gasteiger partial charge on any atom is 0.324 e. The average molecular weight is 299 g/mol. The zero-order valence-electron chi connectivity index (χ0n) is 13.0. The van der Waals surface area contributed by atoms with Gasteiger partial charge in [0.15, 0.2) is 0 Å². The molecule has 0 aromatic heterocycles. The zero-order chi connectivity index (χ0) is 15.7. The molecule has 2 aliphatic heterocycles. The minimum Gasteiger partial charge on any atom is -0.322 e. The van der Waals surface area contributed by atoms with Gasteiger partial charge in [0.05, 0.1) is 0 Å². The topological polar surface area (TPSA) is 52.7 Å². The fourth-order valence-electron chi connectivity index (χ4n) is 3.29. The van der Waals surface area contributed by atoms with Gasteiger partial charge in [-0.25, -0.2) is 4.79 Å². The van der Waals surface area contributed by atoms with E-state index in [-0.39, 0.29) is 11.9 Å². The van der Waals surface area contributed by atoms with Crippen LogP contribution in [0.15, 0.2) is 35.9 Å². The number of nitrogens with zero attached hydrogens (tertiary/aromatic N) is 2. The van der Waals surface area contributed by atoms with Gasteiger partial charge >= 0.3 is 6.03 Å². The Kier molecular flexibility index (Phi) is 3.74. The van der Waals surface area contributed by atoms with Crippen LogP contribution in [0.1, 0.15) is 18.9 Å². The maximum absolute atomic E-state index is 12.3. The lowest BCUT2D eigenvalue weighted by Crippen LogP contribution is -2.49. The maximum atomic E-state index is 12.3. The summed E-state index contributed by atoms with van der Waals surface area (Å²) in [7, 11) is 1.54. The second-order valence-electron chi connectivity index (χ2n) is 6.24. The standard InChI is InChI=1S/C17H21N3O2/c1-13(10-14-6-4-3-5-7-14)11-20-9-8-17(12-20)15(21)19(2)16(22)18-17/h3-7,10H,8-9,11-12H2,1-2H3,(H,18,22). The molecule has 1 N–H and O–H groups in total. The Morgan fingerprint density at radius 3 is 2.68 bits per heavy atom. The van der Waals surface area contributed by atoms with E-state index in [1.807, 2.05) is 18.2 Å². The van der Waals surface area contributed by atoms with Crippen LogP contribution in [-0.2, 0) is 4.79 Å². The normalized spacial score (nSPS) is 26.1. The molecule has 2 saturated heterocycles. The smallest absolute Gasteiger partial charge is 0.322 e. The number of carbonyl (C=O) groups is 2. The minimum absolute atomic E-state index is 0.107. The summed E-state index contributed by atoms with van der Waals surface area (Å²) in [5.74, 6) is -0.107. The molecule has 2 fully saturated rings. The second-order valence-corrected chi connectivity index (χ2v) is 6.24. The molecule has 1 spiro atoms. The third-order valence-electron chi connectivity index (χ3n) is 4.40. The highest BCUT2D eigenvalue weighted by atomic mass is 16.2. The molecule has 2 aliphatic rings. The number of urea groups is 1. The summed E-state index contributed by atoms with van der Waals surface area (Å²) in [6.07, 6.45) is 2.84. The lowest BCUT2D eigenvalue weighted by Gasteiger charge is -2.21. The van der Waals surface area contributed by atoms with E-state index >= 15 is 0 Å². The quantitative estimate of drug-likeness (QED) is 0.865. The van der Waals surface area contributed by atoms with Crippen molar-refractivity contribution in [3.8, 4) is 0 Å². The van der Waals surface area contributed by atoms with E-state index in [1.54, 1.807) is 0 Å². The highest BCUT2D eigenvalue weighted by Gasteiger charge is 2.53. The number of carbonyl (C=O) groups excluding carboxylic acids is 2. The Morgan fingerprint density at radius 1 is 1.32 bits per heavy atom. The first-order chi connectivity index (χ1) is 10.5. The van der Waals surface area contributed by atoms with Crippen molar-refractivity contribution in [2.24, 2.45) is 0 Å². The van der Waals surface area contributed by atoms with Crippen molar-refractivity contribution >= 4 is 18.0 Å². The molecule has 0 bridgehead atoms. The van der Waals surface area contributed by atoms with Crippen LogP contribution in [0.3, 0.4) is 0 Å². The summed E-state index contributed by atoms with van der Waals surface area (Å²) in [6.45, 7) is 4.31. The summed E-state index contributed by atoms with van der Waals surface area (Å²) < 4.78 is 0. The molecular weight excluding hydrogens is 278 g/mol. The Bertz CT molecular complexity index is 626. The van der Waals surface area contributed by atoms with Crippen LogP contribution in [-0.4, -0.2) is 54.0 Å². The first-order valence-corrected chi connectivity index (χ1v) is 7.55. The molecule has 2 heterocycles. The van der Waals surface area contributed by atoms with Gasteiger partial charge in [-0.2, -0.15) is 0 Å². The van der Waals surface area contributed by atoms with Crippen LogP contribution in [0.2, 0.25) is 0 Å². The molecule has 5 heteroatoms. The molecular formula is C17H21N3O2. The summed E-state index contributed by atoms with van der Waals surface area (Å²) in [5.41, 5.74) is 1.71. The number of hydrogen-bond donors (Lipinski definition) is 1. The number of likely N-dealkylation sites (tertiary alicyclic amines) is 1. The van der Waals surface area contributed by atoms with Gasteiger partial charge in [-0.3, -0.25) is 14.6 Å². The van der Waals surface area contributed by atoms with Crippen LogP contribution in [0.4, 0.5) is 4.79 Å². The Hall–Kier alpha value is -2.14. The van der Waals surface area contributed by atoms with E-state index in [4.69, 9.17) is 0 Å². The Labute approximate surface area is 130 Å². The van der Waals surface area contributed by atoms with Crippen molar-refractivity contribution in [1.82, 2.24) is 15.1 Å². The minimum atomic E-state index is -0.709. The Balaban J connectivity index is 1.65. The van der Waals surface area contributed by atoms with E-state index in [1.165, 1.54) is 23.1 Å². The zero-order valence-corrected chi connectivity index (χ0v) is 13.0. The molecule has 116 valence electrons. The molecule has 1 unspecified atom stereocenters. The van der Waals surface area contributed by atoms with Crippen molar-refractivity contribution < 1.29 is 9.59 Å². The average Bonchev–Trinajstić information content (AvgIpc) is 2.98. The van der Waals surface area contributed by atoms with Gasteiger partial charge in [-0.15, -0.1) is 0 Å². The van der Waals surface area contributed by atoms with Crippen LogP contribution in [0.25, 0.3) is 6.08 Å². The largest absolute Gasteiger partial charge is 0.324 e. The molecule has 0 saturated carbocycles. The van der Waals surface area contributed by atoms with E-state index < -0.39 is 5.54 Å². The van der Waals surface area contributed by atoms with Crippen LogP contribution in [0.5, 0.6) is 0 Å². The SMILES string of the molecule is CC(=Cc1ccccc1)CN1CCC2(C1)NC(=O)N(C)C2=O. The highest BCUT2D eigenvalue weighted by molar-refractivity contribution is 6.07. The first kappa shape index (κ1) is 14.8. The van der Waals surface area contributed by atoms with E-state index in [0.29, 0.717) is 13.0 Å². The van der Waals surface area contributed by atoms with Crippen molar-refractivity contribution in [3.63, 3.8) is 0 Å². The number of hydrogen-bond acceptors (Lipinski definition) is 3. The lowest BCUT2D eigenvalue weighted by molar-refractivity contribution is -0.129. The summed E-state index contributed by atoms with van der Waals surface area (Å²) in [5, 5.41) is 2.86. The van der Waals surface area contributed by atoms with E-state index in [2.05, 4.69) is 35.3 Å². The van der Waals surface area contributed by atoms with Crippen molar-refractivity contribution in [3.05, 3.63) is 41.5 Å². The van der Waals surface area contributed by atoms with Gasteiger partial charge in [-0.1, -0.05) is 42.0 Å². The predicted molar refractivity (Wildman–Crippen MR) is 85.2 cm³/mol. The van der Waals surface area contributed by atoms with Gasteiger partial charge in [-0.05, 0) is 18.9 Å². The van der Waals surface area contributed by atoms with Crippen molar-refractivity contribution in [1.29, 1.82) is 0 Å². The molecule has 1 atom stereocenters. The number of amides is 3. The monoisotopic (exact) mass is 299 g/mol.